The van der Waals surface area contributed by atoms with Crippen LogP contribution in [0.25, 0.3) is 0 Å². The SMILES string of the molecule is CCNC(C)C(c1nc(C(OCC)C(C)C)no1)C(C)C. The van der Waals surface area contributed by atoms with E-state index in [0.717, 1.165) is 6.54 Å². The number of nitrogens with zero attached hydrogens (tertiary/aromatic N) is 2. The highest BCUT2D eigenvalue weighted by atomic mass is 16.5. The third-order valence-electron chi connectivity index (χ3n) is 3.73. The molecule has 0 aromatic carbocycles. The largest absolute Gasteiger partial charge is 0.370 e. The van der Waals surface area contributed by atoms with Gasteiger partial charge in [-0.2, -0.15) is 4.98 Å². The summed E-state index contributed by atoms with van der Waals surface area (Å²) >= 11 is 0. The molecule has 3 atom stereocenters. The lowest BCUT2D eigenvalue weighted by atomic mass is 9.89. The molecule has 0 aliphatic rings. The second kappa shape index (κ2) is 8.49. The third-order valence-corrected chi connectivity index (χ3v) is 3.73. The van der Waals surface area contributed by atoms with E-state index < -0.39 is 0 Å². The van der Waals surface area contributed by atoms with Gasteiger partial charge in [0.15, 0.2) is 0 Å². The van der Waals surface area contributed by atoms with Crippen LogP contribution >= 0.6 is 0 Å². The normalized spacial score (nSPS) is 16.4. The fourth-order valence-corrected chi connectivity index (χ4v) is 2.77. The van der Waals surface area contributed by atoms with Crippen LogP contribution in [-0.2, 0) is 4.74 Å². The van der Waals surface area contributed by atoms with Gasteiger partial charge in [-0.15, -0.1) is 0 Å². The summed E-state index contributed by atoms with van der Waals surface area (Å²) in [5, 5.41) is 7.62. The molecule has 0 saturated carbocycles. The molecule has 0 fully saturated rings. The summed E-state index contributed by atoms with van der Waals surface area (Å²) in [5.74, 6) is 2.33. The predicted octanol–water partition coefficient (Wildman–Crippen LogP) is 3.54. The average molecular weight is 297 g/mol. The summed E-state index contributed by atoms with van der Waals surface area (Å²) in [6.07, 6.45) is -0.102. The van der Waals surface area contributed by atoms with E-state index in [1.165, 1.54) is 0 Å². The highest BCUT2D eigenvalue weighted by molar-refractivity contribution is 5.02. The van der Waals surface area contributed by atoms with Crippen molar-refractivity contribution in [1.82, 2.24) is 15.5 Å². The van der Waals surface area contributed by atoms with Crippen LogP contribution in [0.3, 0.4) is 0 Å². The first-order valence-electron chi connectivity index (χ1n) is 8.10. The predicted molar refractivity (Wildman–Crippen MR) is 84.2 cm³/mol. The zero-order valence-electron chi connectivity index (χ0n) is 14.5. The smallest absolute Gasteiger partial charge is 0.231 e. The van der Waals surface area contributed by atoms with Crippen molar-refractivity contribution in [2.45, 2.75) is 66.5 Å². The van der Waals surface area contributed by atoms with Gasteiger partial charge >= 0.3 is 0 Å². The van der Waals surface area contributed by atoms with Crippen molar-refractivity contribution < 1.29 is 9.26 Å². The molecule has 0 spiro atoms. The Kier molecular flexibility index (Phi) is 7.32. The van der Waals surface area contributed by atoms with Crippen LogP contribution in [0.5, 0.6) is 0 Å². The number of ether oxygens (including phenoxy) is 1. The molecule has 1 N–H and O–H groups in total. The Morgan fingerprint density at radius 2 is 1.76 bits per heavy atom. The number of hydrogen-bond acceptors (Lipinski definition) is 5. The van der Waals surface area contributed by atoms with Gasteiger partial charge < -0.3 is 14.6 Å². The molecule has 21 heavy (non-hydrogen) atoms. The topological polar surface area (TPSA) is 60.2 Å². The fraction of sp³-hybridized carbons (Fsp3) is 0.875. The van der Waals surface area contributed by atoms with Crippen LogP contribution in [-0.4, -0.2) is 29.3 Å². The highest BCUT2D eigenvalue weighted by Crippen LogP contribution is 2.29. The fourth-order valence-electron chi connectivity index (χ4n) is 2.77. The summed E-state index contributed by atoms with van der Waals surface area (Å²) in [4.78, 5) is 4.63. The van der Waals surface area contributed by atoms with Crippen molar-refractivity contribution in [3.05, 3.63) is 11.7 Å². The first-order chi connectivity index (χ1) is 9.92. The van der Waals surface area contributed by atoms with Gasteiger partial charge in [0.05, 0.1) is 5.92 Å². The third kappa shape index (κ3) is 4.78. The van der Waals surface area contributed by atoms with Gasteiger partial charge in [-0.05, 0) is 32.2 Å². The van der Waals surface area contributed by atoms with E-state index in [4.69, 9.17) is 9.26 Å². The van der Waals surface area contributed by atoms with Crippen LogP contribution in [0.2, 0.25) is 0 Å². The molecule has 1 rings (SSSR count). The van der Waals surface area contributed by atoms with E-state index in [0.29, 0.717) is 36.2 Å². The van der Waals surface area contributed by atoms with Crippen LogP contribution in [0.4, 0.5) is 0 Å². The van der Waals surface area contributed by atoms with Crippen LogP contribution in [0.1, 0.15) is 72.2 Å². The number of aromatic nitrogens is 2. The molecular weight excluding hydrogens is 266 g/mol. The Morgan fingerprint density at radius 3 is 2.24 bits per heavy atom. The maximum absolute atomic E-state index is 5.75. The first-order valence-corrected chi connectivity index (χ1v) is 8.10. The second-order valence-corrected chi connectivity index (χ2v) is 6.23. The molecule has 1 heterocycles. The van der Waals surface area contributed by atoms with Crippen LogP contribution in [0, 0.1) is 11.8 Å². The Labute approximate surface area is 128 Å². The molecule has 5 nitrogen and oxygen atoms in total. The van der Waals surface area contributed by atoms with E-state index in [1.54, 1.807) is 0 Å². The Morgan fingerprint density at radius 1 is 1.10 bits per heavy atom. The quantitative estimate of drug-likeness (QED) is 0.755. The summed E-state index contributed by atoms with van der Waals surface area (Å²) in [6, 6.07) is 0.299. The summed E-state index contributed by atoms with van der Waals surface area (Å²) in [7, 11) is 0. The molecule has 0 aliphatic carbocycles. The van der Waals surface area contributed by atoms with Gasteiger partial charge in [0.1, 0.15) is 6.10 Å². The highest BCUT2D eigenvalue weighted by Gasteiger charge is 2.30. The number of likely N-dealkylation sites (N-methyl/N-ethyl adjacent to an activating group) is 1. The van der Waals surface area contributed by atoms with Gasteiger partial charge in [0.2, 0.25) is 11.7 Å². The summed E-state index contributed by atoms with van der Waals surface area (Å²) in [5.41, 5.74) is 0. The maximum Gasteiger partial charge on any atom is 0.231 e. The molecule has 0 radical (unpaired) electrons. The molecular formula is C16H31N3O2. The van der Waals surface area contributed by atoms with Crippen LogP contribution < -0.4 is 5.32 Å². The number of nitrogens with one attached hydrogen (secondary N) is 1. The van der Waals surface area contributed by atoms with Crippen molar-refractivity contribution in [3.63, 3.8) is 0 Å². The van der Waals surface area contributed by atoms with E-state index in [1.807, 2.05) is 6.92 Å². The van der Waals surface area contributed by atoms with Gasteiger partial charge in [-0.25, -0.2) is 0 Å². The Balaban J connectivity index is 2.97. The second-order valence-electron chi connectivity index (χ2n) is 6.23. The summed E-state index contributed by atoms with van der Waals surface area (Å²) in [6.45, 7) is 16.4. The molecule has 0 amide bonds. The lowest BCUT2D eigenvalue weighted by Crippen LogP contribution is -2.34. The van der Waals surface area contributed by atoms with Crippen molar-refractivity contribution in [2.75, 3.05) is 13.2 Å². The van der Waals surface area contributed by atoms with Gasteiger partial charge in [0.25, 0.3) is 0 Å². The van der Waals surface area contributed by atoms with Crippen molar-refractivity contribution in [2.24, 2.45) is 11.8 Å². The number of rotatable bonds is 9. The minimum absolute atomic E-state index is 0.102. The molecule has 3 unspecified atom stereocenters. The van der Waals surface area contributed by atoms with Crippen LogP contribution in [0.15, 0.2) is 4.52 Å². The monoisotopic (exact) mass is 297 g/mol. The molecule has 0 bridgehead atoms. The van der Waals surface area contributed by atoms with E-state index in [2.05, 4.69) is 57.0 Å². The first kappa shape index (κ1) is 18.1. The van der Waals surface area contributed by atoms with E-state index in [-0.39, 0.29) is 12.0 Å². The van der Waals surface area contributed by atoms with Crippen molar-refractivity contribution in [3.8, 4) is 0 Å². The zero-order valence-corrected chi connectivity index (χ0v) is 14.5. The Bertz CT molecular complexity index is 404. The zero-order chi connectivity index (χ0) is 16.0. The van der Waals surface area contributed by atoms with Crippen molar-refractivity contribution in [1.29, 1.82) is 0 Å². The standard InChI is InChI=1S/C16H31N3O2/c1-8-17-12(7)13(10(3)4)16-18-15(19-21-16)14(11(5)6)20-9-2/h10-14,17H,8-9H2,1-7H3. The Hall–Kier alpha value is -0.940. The lowest BCUT2D eigenvalue weighted by Gasteiger charge is -2.24. The van der Waals surface area contributed by atoms with Gasteiger partial charge in [-0.3, -0.25) is 0 Å². The molecule has 1 aromatic rings. The molecule has 122 valence electrons. The van der Waals surface area contributed by atoms with Crippen molar-refractivity contribution >= 4 is 0 Å². The molecule has 0 aliphatic heterocycles. The molecule has 5 heteroatoms. The van der Waals surface area contributed by atoms with E-state index >= 15 is 0 Å². The number of hydrogen-bond donors (Lipinski definition) is 1. The van der Waals surface area contributed by atoms with E-state index in [9.17, 15) is 0 Å². The van der Waals surface area contributed by atoms with Gasteiger partial charge in [-0.1, -0.05) is 39.8 Å². The average Bonchev–Trinajstić information content (AvgIpc) is 2.84. The molecule has 0 saturated heterocycles. The minimum Gasteiger partial charge on any atom is -0.370 e. The maximum atomic E-state index is 5.75. The minimum atomic E-state index is -0.102. The molecule has 1 aromatic heterocycles. The lowest BCUT2D eigenvalue weighted by molar-refractivity contribution is 0.0217. The van der Waals surface area contributed by atoms with Gasteiger partial charge in [0, 0.05) is 12.6 Å². The summed E-state index contributed by atoms with van der Waals surface area (Å²) < 4.78 is 11.3.